The van der Waals surface area contributed by atoms with Gasteiger partial charge in [0.2, 0.25) is 0 Å². The second-order valence-corrected chi connectivity index (χ2v) is 17.8. The number of nitrogens with zero attached hydrogens (tertiary/aromatic N) is 1. The van der Waals surface area contributed by atoms with E-state index in [-0.39, 0.29) is 34.1 Å². The van der Waals surface area contributed by atoms with Gasteiger partial charge in [-0.05, 0) is 107 Å². The van der Waals surface area contributed by atoms with Crippen LogP contribution in [0.25, 0.3) is 0 Å². The van der Waals surface area contributed by atoms with E-state index in [9.17, 15) is 4.79 Å². The Bertz CT molecular complexity index is 1810. The summed E-state index contributed by atoms with van der Waals surface area (Å²) in [4.78, 5) is 15.5. The van der Waals surface area contributed by atoms with Crippen molar-refractivity contribution in [1.82, 2.24) is 10.2 Å². The summed E-state index contributed by atoms with van der Waals surface area (Å²) in [7, 11) is 3.71. The van der Waals surface area contributed by atoms with Crippen LogP contribution in [0.3, 0.4) is 0 Å². The van der Waals surface area contributed by atoms with Crippen LogP contribution < -0.4 is 5.32 Å². The summed E-state index contributed by atoms with van der Waals surface area (Å²) in [5.74, 6) is 0. The van der Waals surface area contributed by atoms with Gasteiger partial charge >= 0.3 is 6.09 Å². The van der Waals surface area contributed by atoms with Gasteiger partial charge in [-0.1, -0.05) is 121 Å². The molecule has 6 fully saturated rings. The topological polar surface area (TPSA) is 60.0 Å². The first-order chi connectivity index (χ1) is 26.5. The van der Waals surface area contributed by atoms with Crippen LogP contribution in [0.15, 0.2) is 121 Å². The normalized spacial score (nSPS) is 29.5. The van der Waals surface area contributed by atoms with E-state index in [0.717, 1.165) is 50.6 Å². The quantitative estimate of drug-likeness (QED) is 0.175. The van der Waals surface area contributed by atoms with Crippen LogP contribution in [-0.4, -0.2) is 54.1 Å². The van der Waals surface area contributed by atoms with Gasteiger partial charge in [0.25, 0.3) is 0 Å². The summed E-state index contributed by atoms with van der Waals surface area (Å²) in [6.45, 7) is 7.32. The van der Waals surface area contributed by atoms with Gasteiger partial charge in [0.15, 0.2) is 0 Å². The third-order valence-electron chi connectivity index (χ3n) is 13.7. The number of ether oxygens (including phenoxy) is 3. The number of benzene rings is 4. The molecule has 2 unspecified atom stereocenters. The zero-order chi connectivity index (χ0) is 38.6. The Balaban J connectivity index is 0.000000174. The van der Waals surface area contributed by atoms with Crippen molar-refractivity contribution < 1.29 is 19.0 Å². The number of fused-ring (bicyclic) bond motifs is 6. The average molecular weight is 743 g/mol. The molecule has 6 nitrogen and oxygen atoms in total. The maximum absolute atomic E-state index is 13.5. The van der Waals surface area contributed by atoms with Crippen LogP contribution in [0.1, 0.15) is 107 Å². The van der Waals surface area contributed by atoms with Gasteiger partial charge < -0.3 is 19.5 Å². The molecule has 1 N–H and O–H groups in total. The molecule has 55 heavy (non-hydrogen) atoms. The number of hydrogen-bond acceptors (Lipinski definition) is 5. The van der Waals surface area contributed by atoms with Crippen LogP contribution >= 0.6 is 0 Å². The first-order valence-corrected chi connectivity index (χ1v) is 20.5. The van der Waals surface area contributed by atoms with Crippen LogP contribution in [0, 0.1) is 0 Å². The predicted octanol–water partition coefficient (Wildman–Crippen LogP) is 10.5. The van der Waals surface area contributed by atoms with Crippen LogP contribution in [0.2, 0.25) is 0 Å². The largest absolute Gasteiger partial charge is 0.444 e. The predicted molar refractivity (Wildman–Crippen MR) is 221 cm³/mol. The van der Waals surface area contributed by atoms with Gasteiger partial charge in [-0.25, -0.2) is 4.79 Å². The van der Waals surface area contributed by atoms with Gasteiger partial charge in [0.1, 0.15) is 5.60 Å². The standard InChI is InChI=1S/C27H35NO3.C22H27NO/c1-25(2,3)31-24(29)28(20-21-11-7-5-8-12-21)26-15-17-27(18-16-26,23(19-26)30-4)22-13-9-6-10-14-22;1-24-20-16-21(23-17-18-8-4-2-5-9-18)12-14-22(20,15-13-21)19-10-6-3-7-11-19/h5-14,23H,15-20H2,1-4H3;2-11,20,23H,12-17H2,1H3. The lowest BCUT2D eigenvalue weighted by Crippen LogP contribution is -2.65. The smallest absolute Gasteiger partial charge is 0.411 e. The molecule has 6 heteroatoms. The van der Waals surface area contributed by atoms with Gasteiger partial charge in [-0.15, -0.1) is 0 Å². The SMILES string of the molecule is COC1CC2(N(Cc3ccccc3)C(=O)OC(C)(C)C)CCC1(c1ccccc1)CC2.COC1CC2(NCc3ccccc3)CCC1(c1ccccc1)CC2. The summed E-state index contributed by atoms with van der Waals surface area (Å²) in [5.41, 5.74) is 5.04. The Kier molecular flexibility index (Phi) is 11.6. The molecular formula is C49H62N2O4. The molecule has 4 bridgehead atoms. The molecule has 0 aliphatic heterocycles. The Morgan fingerprint density at radius 2 is 1.05 bits per heavy atom. The first-order valence-electron chi connectivity index (χ1n) is 20.5. The Morgan fingerprint density at radius 1 is 0.618 bits per heavy atom. The van der Waals surface area contributed by atoms with E-state index >= 15 is 0 Å². The van der Waals surface area contributed by atoms with Crippen molar-refractivity contribution in [2.24, 2.45) is 0 Å². The molecule has 4 aromatic rings. The van der Waals surface area contributed by atoms with Crippen LogP contribution in [-0.2, 0) is 38.1 Å². The number of amides is 1. The fraction of sp³-hybridized carbons (Fsp3) is 0.490. The highest BCUT2D eigenvalue weighted by Gasteiger charge is 2.59. The third-order valence-corrected chi connectivity index (χ3v) is 13.7. The highest BCUT2D eigenvalue weighted by atomic mass is 16.6. The maximum Gasteiger partial charge on any atom is 0.411 e. The molecule has 0 spiro atoms. The van der Waals surface area contributed by atoms with Gasteiger partial charge in [-0.3, -0.25) is 4.90 Å². The van der Waals surface area contributed by atoms with Crippen molar-refractivity contribution in [3.8, 4) is 0 Å². The number of carbonyl (C=O) groups is 1. The molecule has 6 aliphatic carbocycles. The minimum Gasteiger partial charge on any atom is -0.444 e. The first kappa shape index (κ1) is 39.3. The monoisotopic (exact) mass is 742 g/mol. The van der Waals surface area contributed by atoms with E-state index in [1.165, 1.54) is 42.4 Å². The van der Waals surface area contributed by atoms with Gasteiger partial charge in [-0.2, -0.15) is 0 Å². The van der Waals surface area contributed by atoms with E-state index in [0.29, 0.717) is 12.6 Å². The fourth-order valence-electron chi connectivity index (χ4n) is 10.6. The fourth-order valence-corrected chi connectivity index (χ4v) is 10.6. The van der Waals surface area contributed by atoms with Gasteiger partial charge in [0.05, 0.1) is 12.2 Å². The lowest BCUT2D eigenvalue weighted by atomic mass is 9.53. The summed E-state index contributed by atoms with van der Waals surface area (Å²) in [6.07, 6.45) is 11.0. The number of carbonyl (C=O) groups excluding carboxylic acids is 1. The zero-order valence-electron chi connectivity index (χ0n) is 33.8. The number of methoxy groups -OCH3 is 2. The van der Waals surface area contributed by atoms with Crippen molar-refractivity contribution in [1.29, 1.82) is 0 Å². The lowest BCUT2D eigenvalue weighted by molar-refractivity contribution is -0.115. The second kappa shape index (κ2) is 16.3. The molecule has 4 aromatic carbocycles. The van der Waals surface area contributed by atoms with Crippen molar-refractivity contribution in [3.05, 3.63) is 144 Å². The Morgan fingerprint density at radius 3 is 1.53 bits per heavy atom. The van der Waals surface area contributed by atoms with Gasteiger partial charge in [0, 0.05) is 49.2 Å². The van der Waals surface area contributed by atoms with E-state index in [4.69, 9.17) is 14.2 Å². The summed E-state index contributed by atoms with van der Waals surface area (Å²) in [6, 6.07) is 42.8. The van der Waals surface area contributed by atoms with E-state index in [1.54, 1.807) is 0 Å². The summed E-state index contributed by atoms with van der Waals surface area (Å²) < 4.78 is 18.0. The van der Waals surface area contributed by atoms with Crippen molar-refractivity contribution in [2.75, 3.05) is 14.2 Å². The van der Waals surface area contributed by atoms with E-state index in [2.05, 4.69) is 108 Å². The van der Waals surface area contributed by atoms with Crippen LogP contribution in [0.4, 0.5) is 4.79 Å². The average Bonchev–Trinajstić information content (AvgIpc) is 3.23. The summed E-state index contributed by atoms with van der Waals surface area (Å²) >= 11 is 0. The second-order valence-electron chi connectivity index (χ2n) is 17.8. The number of nitrogens with one attached hydrogen (secondary N) is 1. The van der Waals surface area contributed by atoms with E-state index in [1.807, 2.05) is 58.1 Å². The third kappa shape index (κ3) is 8.15. The number of rotatable bonds is 10. The molecule has 2 atom stereocenters. The molecule has 0 radical (unpaired) electrons. The minimum absolute atomic E-state index is 0.0319. The van der Waals surface area contributed by atoms with Crippen molar-refractivity contribution in [2.45, 2.75) is 138 Å². The maximum atomic E-state index is 13.5. The Labute approximate surface area is 330 Å². The Hall–Kier alpha value is -3.97. The van der Waals surface area contributed by atoms with E-state index < -0.39 is 5.60 Å². The highest BCUT2D eigenvalue weighted by Crippen LogP contribution is 2.57. The molecule has 0 heterocycles. The van der Waals surface area contributed by atoms with Crippen LogP contribution in [0.5, 0.6) is 0 Å². The highest BCUT2D eigenvalue weighted by molar-refractivity contribution is 5.69. The molecule has 1 amide bonds. The lowest BCUT2D eigenvalue weighted by Gasteiger charge is -2.60. The molecule has 0 saturated heterocycles. The van der Waals surface area contributed by atoms with Crippen molar-refractivity contribution in [3.63, 3.8) is 0 Å². The molecular weight excluding hydrogens is 681 g/mol. The zero-order valence-corrected chi connectivity index (χ0v) is 33.8. The molecule has 10 rings (SSSR count). The molecule has 6 aliphatic rings. The van der Waals surface area contributed by atoms with Crippen molar-refractivity contribution >= 4 is 6.09 Å². The molecule has 0 aromatic heterocycles. The molecule has 6 saturated carbocycles. The number of hydrogen-bond donors (Lipinski definition) is 1. The summed E-state index contributed by atoms with van der Waals surface area (Å²) in [5, 5.41) is 3.89. The minimum atomic E-state index is -0.527. The molecule has 292 valence electrons.